The first-order valence-electron chi connectivity index (χ1n) is 18.1. The molecule has 0 spiro atoms. The van der Waals surface area contributed by atoms with Gasteiger partial charge in [-0.1, -0.05) is 127 Å². The van der Waals surface area contributed by atoms with Gasteiger partial charge in [-0.3, -0.25) is 0 Å². The van der Waals surface area contributed by atoms with Crippen LogP contribution in [0.5, 0.6) is 0 Å². The monoisotopic (exact) mass is 678 g/mol. The van der Waals surface area contributed by atoms with E-state index in [0.29, 0.717) is 5.82 Å². The van der Waals surface area contributed by atoms with Gasteiger partial charge in [0.05, 0.1) is 11.2 Å². The SMILES string of the molecule is Cc1ccc(-c2ccc3oc4cccc(-c5ccc6c(-c7ccccc7)nc(-c7ccccc7)nc6c5)c4c3c2)cc1-c1cc2ccccc2cc1C. The van der Waals surface area contributed by atoms with Crippen molar-refractivity contribution in [3.63, 3.8) is 0 Å². The molecule has 0 atom stereocenters. The molecule has 250 valence electrons. The van der Waals surface area contributed by atoms with Gasteiger partial charge in [0.25, 0.3) is 0 Å². The fourth-order valence-corrected chi connectivity index (χ4v) is 7.81. The largest absolute Gasteiger partial charge is 0.456 e. The van der Waals surface area contributed by atoms with Crippen LogP contribution in [0.3, 0.4) is 0 Å². The molecule has 0 saturated heterocycles. The second kappa shape index (κ2) is 12.4. The predicted octanol–water partition coefficient (Wildman–Crippen LogP) is 13.6. The Labute approximate surface area is 307 Å². The van der Waals surface area contributed by atoms with Crippen LogP contribution in [0.4, 0.5) is 0 Å². The van der Waals surface area contributed by atoms with E-state index in [-0.39, 0.29) is 0 Å². The van der Waals surface area contributed by atoms with E-state index < -0.39 is 0 Å². The van der Waals surface area contributed by atoms with Crippen molar-refractivity contribution in [1.29, 1.82) is 0 Å². The number of hydrogen-bond donors (Lipinski definition) is 0. The fourth-order valence-electron chi connectivity index (χ4n) is 7.81. The van der Waals surface area contributed by atoms with Crippen LogP contribution >= 0.6 is 0 Å². The summed E-state index contributed by atoms with van der Waals surface area (Å²) < 4.78 is 6.49. The summed E-state index contributed by atoms with van der Waals surface area (Å²) >= 11 is 0. The number of fused-ring (bicyclic) bond motifs is 5. The first kappa shape index (κ1) is 30.9. The van der Waals surface area contributed by atoms with Crippen molar-refractivity contribution in [2.24, 2.45) is 0 Å². The maximum atomic E-state index is 6.49. The van der Waals surface area contributed by atoms with E-state index in [9.17, 15) is 0 Å². The van der Waals surface area contributed by atoms with Gasteiger partial charge in [-0.25, -0.2) is 9.97 Å². The highest BCUT2D eigenvalue weighted by Crippen LogP contribution is 2.41. The molecule has 0 radical (unpaired) electrons. The number of rotatable bonds is 5. The number of nitrogens with zero attached hydrogens (tertiary/aromatic N) is 2. The molecule has 0 fully saturated rings. The zero-order valence-electron chi connectivity index (χ0n) is 29.5. The lowest BCUT2D eigenvalue weighted by atomic mass is 9.90. The standard InChI is InChI=1S/C50H34N2O/c1-31-20-21-37(28-42(31)43-27-36-17-10-9-16-35(36)26-32(43)2)38-23-25-46-44(29-38)48-40(18-11-19-47(48)53-46)39-22-24-41-45(30-39)51-50(34-14-7-4-8-15-34)52-49(41)33-12-5-3-6-13-33/h3-30H,1-2H3. The number of hydrogen-bond acceptors (Lipinski definition) is 3. The van der Waals surface area contributed by atoms with Crippen molar-refractivity contribution < 1.29 is 4.42 Å². The summed E-state index contributed by atoms with van der Waals surface area (Å²) in [5, 5.41) is 5.73. The lowest BCUT2D eigenvalue weighted by molar-refractivity contribution is 0.669. The Morgan fingerprint density at radius 3 is 1.89 bits per heavy atom. The highest BCUT2D eigenvalue weighted by molar-refractivity contribution is 6.14. The maximum absolute atomic E-state index is 6.49. The van der Waals surface area contributed by atoms with E-state index in [4.69, 9.17) is 14.4 Å². The number of aromatic nitrogens is 2. The van der Waals surface area contributed by atoms with Crippen LogP contribution in [-0.4, -0.2) is 9.97 Å². The Balaban J connectivity index is 1.12. The van der Waals surface area contributed by atoms with Crippen LogP contribution in [0.15, 0.2) is 174 Å². The molecule has 3 heteroatoms. The second-order valence-corrected chi connectivity index (χ2v) is 13.9. The summed E-state index contributed by atoms with van der Waals surface area (Å²) in [5.74, 6) is 0.710. The molecule has 0 aliphatic heterocycles. The Hall–Kier alpha value is -6.84. The Bertz CT molecular complexity index is 3010. The minimum atomic E-state index is 0.710. The molecular formula is C50H34N2O. The lowest BCUT2D eigenvalue weighted by Crippen LogP contribution is -1.95. The van der Waals surface area contributed by atoms with E-state index in [2.05, 4.69) is 159 Å². The van der Waals surface area contributed by atoms with E-state index in [1.54, 1.807) is 0 Å². The second-order valence-electron chi connectivity index (χ2n) is 13.9. The predicted molar refractivity (Wildman–Crippen MR) is 221 cm³/mol. The van der Waals surface area contributed by atoms with Crippen LogP contribution in [0.1, 0.15) is 11.1 Å². The van der Waals surface area contributed by atoms with Crippen molar-refractivity contribution in [2.75, 3.05) is 0 Å². The highest BCUT2D eigenvalue weighted by atomic mass is 16.3. The molecule has 3 nitrogen and oxygen atoms in total. The zero-order chi connectivity index (χ0) is 35.5. The molecule has 53 heavy (non-hydrogen) atoms. The first-order chi connectivity index (χ1) is 26.1. The topological polar surface area (TPSA) is 38.9 Å². The van der Waals surface area contributed by atoms with Crippen molar-refractivity contribution in [2.45, 2.75) is 13.8 Å². The van der Waals surface area contributed by atoms with Gasteiger partial charge in [0.1, 0.15) is 11.2 Å². The lowest BCUT2D eigenvalue weighted by Gasteiger charge is -2.14. The molecule has 2 heterocycles. The Morgan fingerprint density at radius 1 is 0.396 bits per heavy atom. The van der Waals surface area contributed by atoms with Gasteiger partial charge < -0.3 is 4.42 Å². The summed E-state index contributed by atoms with van der Waals surface area (Å²) in [4.78, 5) is 10.2. The highest BCUT2D eigenvalue weighted by Gasteiger charge is 2.17. The van der Waals surface area contributed by atoms with Gasteiger partial charge in [-0.15, -0.1) is 0 Å². The van der Waals surface area contributed by atoms with Crippen LogP contribution < -0.4 is 0 Å². The number of furan rings is 1. The third kappa shape index (κ3) is 5.37. The minimum Gasteiger partial charge on any atom is -0.456 e. The molecular weight excluding hydrogens is 645 g/mol. The van der Waals surface area contributed by atoms with Crippen molar-refractivity contribution in [3.05, 3.63) is 181 Å². The molecule has 0 aliphatic rings. The molecule has 10 rings (SSSR count). The van der Waals surface area contributed by atoms with Crippen LogP contribution in [0.2, 0.25) is 0 Å². The summed E-state index contributed by atoms with van der Waals surface area (Å²) in [6.45, 7) is 4.41. The third-order valence-electron chi connectivity index (χ3n) is 10.5. The summed E-state index contributed by atoms with van der Waals surface area (Å²) in [5.41, 5.74) is 15.2. The van der Waals surface area contributed by atoms with E-state index in [1.165, 1.54) is 38.6 Å². The molecule has 2 aromatic heterocycles. The summed E-state index contributed by atoms with van der Waals surface area (Å²) in [6.07, 6.45) is 0. The molecule has 0 saturated carbocycles. The van der Waals surface area contributed by atoms with Gasteiger partial charge in [-0.05, 0) is 112 Å². The van der Waals surface area contributed by atoms with Gasteiger partial charge in [0, 0.05) is 27.3 Å². The van der Waals surface area contributed by atoms with Gasteiger partial charge in [-0.2, -0.15) is 0 Å². The molecule has 0 bridgehead atoms. The quantitative estimate of drug-likeness (QED) is 0.182. The molecule has 0 N–H and O–H groups in total. The van der Waals surface area contributed by atoms with E-state index in [1.807, 2.05) is 24.3 Å². The molecule has 0 aliphatic carbocycles. The zero-order valence-corrected chi connectivity index (χ0v) is 29.5. The van der Waals surface area contributed by atoms with E-state index >= 15 is 0 Å². The average Bonchev–Trinajstić information content (AvgIpc) is 3.59. The molecule has 10 aromatic rings. The Kier molecular flexibility index (Phi) is 7.26. The fraction of sp³-hybridized carbons (Fsp3) is 0.0400. The number of benzene rings is 8. The molecule has 0 amide bonds. The molecule has 0 unspecified atom stereocenters. The minimum absolute atomic E-state index is 0.710. The van der Waals surface area contributed by atoms with Crippen molar-refractivity contribution in [1.82, 2.24) is 9.97 Å². The van der Waals surface area contributed by atoms with E-state index in [0.717, 1.165) is 66.4 Å². The van der Waals surface area contributed by atoms with Crippen LogP contribution in [-0.2, 0) is 0 Å². The third-order valence-corrected chi connectivity index (χ3v) is 10.5. The Morgan fingerprint density at radius 2 is 1.08 bits per heavy atom. The van der Waals surface area contributed by atoms with Gasteiger partial charge >= 0.3 is 0 Å². The maximum Gasteiger partial charge on any atom is 0.160 e. The summed E-state index contributed by atoms with van der Waals surface area (Å²) in [7, 11) is 0. The van der Waals surface area contributed by atoms with Crippen molar-refractivity contribution in [3.8, 4) is 56.0 Å². The normalized spacial score (nSPS) is 11.6. The first-order valence-corrected chi connectivity index (χ1v) is 18.1. The average molecular weight is 679 g/mol. The number of aryl methyl sites for hydroxylation is 2. The van der Waals surface area contributed by atoms with Crippen molar-refractivity contribution >= 4 is 43.6 Å². The molecule has 8 aromatic carbocycles. The van der Waals surface area contributed by atoms with Crippen LogP contribution in [0, 0.1) is 13.8 Å². The smallest absolute Gasteiger partial charge is 0.160 e. The van der Waals surface area contributed by atoms with Gasteiger partial charge in [0.15, 0.2) is 5.82 Å². The van der Waals surface area contributed by atoms with Crippen LogP contribution in [0.25, 0.3) is 99.6 Å². The van der Waals surface area contributed by atoms with Gasteiger partial charge in [0.2, 0.25) is 0 Å². The summed E-state index contributed by atoms with van der Waals surface area (Å²) in [6, 6.07) is 60.1.